The zero-order valence-corrected chi connectivity index (χ0v) is 10.4. The summed E-state index contributed by atoms with van der Waals surface area (Å²) in [5, 5.41) is 3.48. The molecular formula is C11H18ClN3O. The molecule has 0 atom stereocenters. The number of nitrogens with one attached hydrogen (secondary N) is 2. The van der Waals surface area contributed by atoms with Crippen LogP contribution in [0.4, 0.5) is 0 Å². The number of halogens is 1. The molecule has 0 unspecified atom stereocenters. The summed E-state index contributed by atoms with van der Waals surface area (Å²) in [5.41, 5.74) is 5.85. The molecule has 1 aromatic heterocycles. The van der Waals surface area contributed by atoms with Crippen molar-refractivity contribution in [3.63, 3.8) is 0 Å². The lowest BCUT2D eigenvalue weighted by Crippen LogP contribution is -2.52. The van der Waals surface area contributed by atoms with Crippen LogP contribution in [0.25, 0.3) is 0 Å². The summed E-state index contributed by atoms with van der Waals surface area (Å²) in [6, 6.07) is 1.60. The molecule has 5 heteroatoms. The van der Waals surface area contributed by atoms with E-state index < -0.39 is 0 Å². The smallest absolute Gasteiger partial charge is 0.268 e. The van der Waals surface area contributed by atoms with Crippen molar-refractivity contribution in [3.8, 4) is 0 Å². The monoisotopic (exact) mass is 243 g/mol. The first-order valence-electron chi connectivity index (χ1n) is 5.43. The lowest BCUT2D eigenvalue weighted by atomic mass is 9.93. The van der Waals surface area contributed by atoms with Crippen LogP contribution in [-0.2, 0) is 0 Å². The van der Waals surface area contributed by atoms with Crippen molar-refractivity contribution >= 4 is 17.5 Å². The predicted molar refractivity (Wildman–Crippen MR) is 65.6 cm³/mol. The van der Waals surface area contributed by atoms with Gasteiger partial charge in [-0.3, -0.25) is 4.79 Å². The van der Waals surface area contributed by atoms with Crippen LogP contribution in [0, 0.1) is 0 Å². The Morgan fingerprint density at radius 3 is 2.56 bits per heavy atom. The summed E-state index contributed by atoms with van der Waals surface area (Å²) in [4.78, 5) is 14.7. The van der Waals surface area contributed by atoms with Crippen LogP contribution in [0.2, 0.25) is 5.02 Å². The molecule has 1 aromatic rings. The third kappa shape index (κ3) is 2.77. The Labute approximate surface area is 101 Å². The van der Waals surface area contributed by atoms with Crippen molar-refractivity contribution in [3.05, 3.63) is 23.0 Å². The van der Waals surface area contributed by atoms with Gasteiger partial charge in [-0.05, 0) is 18.9 Å². The van der Waals surface area contributed by atoms with E-state index in [0.29, 0.717) is 17.3 Å². The van der Waals surface area contributed by atoms with Gasteiger partial charge >= 0.3 is 0 Å². The molecule has 0 spiro atoms. The Kier molecular flexibility index (Phi) is 4.38. The summed E-state index contributed by atoms with van der Waals surface area (Å²) in [6.07, 6.45) is 3.19. The molecule has 16 heavy (non-hydrogen) atoms. The number of rotatable bonds is 5. The predicted octanol–water partition coefficient (Wildman–Crippen LogP) is 1.92. The van der Waals surface area contributed by atoms with E-state index in [1.165, 1.54) is 0 Å². The average molecular weight is 244 g/mol. The fourth-order valence-corrected chi connectivity index (χ4v) is 1.74. The molecule has 0 bridgehead atoms. The first-order valence-corrected chi connectivity index (χ1v) is 5.81. The Balaban J connectivity index is 2.76. The second-order valence-corrected chi connectivity index (χ2v) is 4.31. The molecule has 0 aliphatic heterocycles. The van der Waals surface area contributed by atoms with Gasteiger partial charge in [0.2, 0.25) is 0 Å². The molecular weight excluding hydrogens is 226 g/mol. The van der Waals surface area contributed by atoms with Crippen molar-refractivity contribution in [2.45, 2.75) is 32.2 Å². The van der Waals surface area contributed by atoms with Crippen LogP contribution in [0.3, 0.4) is 0 Å². The number of amides is 1. The molecule has 0 aliphatic rings. The zero-order valence-electron chi connectivity index (χ0n) is 9.64. The van der Waals surface area contributed by atoms with Gasteiger partial charge in [0.25, 0.3) is 5.91 Å². The lowest BCUT2D eigenvalue weighted by Gasteiger charge is -2.31. The maximum Gasteiger partial charge on any atom is 0.268 e. The summed E-state index contributed by atoms with van der Waals surface area (Å²) in [5.74, 6) is -0.166. The zero-order chi connectivity index (χ0) is 12.2. The van der Waals surface area contributed by atoms with Gasteiger partial charge in [-0.2, -0.15) is 0 Å². The highest BCUT2D eigenvalue weighted by molar-refractivity contribution is 6.30. The van der Waals surface area contributed by atoms with Crippen molar-refractivity contribution in [1.82, 2.24) is 10.3 Å². The second-order valence-electron chi connectivity index (χ2n) is 3.88. The molecule has 4 N–H and O–H groups in total. The highest BCUT2D eigenvalue weighted by Gasteiger charge is 2.27. The number of hydrogen-bond donors (Lipinski definition) is 3. The highest BCUT2D eigenvalue weighted by atomic mass is 35.5. The quantitative estimate of drug-likeness (QED) is 0.739. The summed E-state index contributed by atoms with van der Waals surface area (Å²) in [7, 11) is 0. The normalized spacial score (nSPS) is 11.5. The molecule has 1 heterocycles. The van der Waals surface area contributed by atoms with E-state index >= 15 is 0 Å². The minimum atomic E-state index is -0.325. The Morgan fingerprint density at radius 1 is 1.56 bits per heavy atom. The molecule has 0 saturated heterocycles. The number of nitrogens with two attached hydrogens (primary N) is 1. The van der Waals surface area contributed by atoms with E-state index in [9.17, 15) is 4.79 Å². The number of carbonyl (C=O) groups excluding carboxylic acids is 1. The van der Waals surface area contributed by atoms with Crippen LogP contribution < -0.4 is 11.1 Å². The summed E-state index contributed by atoms with van der Waals surface area (Å²) in [6.45, 7) is 4.46. The average Bonchev–Trinajstić information content (AvgIpc) is 2.73. The highest BCUT2D eigenvalue weighted by Crippen LogP contribution is 2.15. The van der Waals surface area contributed by atoms with E-state index in [4.69, 9.17) is 17.3 Å². The van der Waals surface area contributed by atoms with Gasteiger partial charge in [0.05, 0.1) is 10.6 Å². The van der Waals surface area contributed by atoms with Gasteiger partial charge in [-0.15, -0.1) is 0 Å². The Hall–Kier alpha value is -1.00. The number of hydrogen-bond acceptors (Lipinski definition) is 2. The van der Waals surface area contributed by atoms with Crippen LogP contribution in [0.1, 0.15) is 37.2 Å². The Morgan fingerprint density at radius 2 is 2.19 bits per heavy atom. The molecule has 4 nitrogen and oxygen atoms in total. The van der Waals surface area contributed by atoms with E-state index in [-0.39, 0.29) is 11.4 Å². The van der Waals surface area contributed by atoms with Gasteiger partial charge in [-0.25, -0.2) is 0 Å². The largest absolute Gasteiger partial charge is 0.356 e. The maximum absolute atomic E-state index is 11.9. The molecule has 0 fully saturated rings. The van der Waals surface area contributed by atoms with Crippen LogP contribution in [-0.4, -0.2) is 23.0 Å². The minimum absolute atomic E-state index is 0.166. The molecule has 0 aromatic carbocycles. The molecule has 1 amide bonds. The summed E-state index contributed by atoms with van der Waals surface area (Å²) >= 11 is 5.74. The fourth-order valence-electron chi connectivity index (χ4n) is 1.57. The van der Waals surface area contributed by atoms with Gasteiger partial charge in [0, 0.05) is 12.7 Å². The SMILES string of the molecule is CCC(CC)(CN)NC(=O)c1cc(Cl)c[nH]1. The van der Waals surface area contributed by atoms with E-state index in [0.717, 1.165) is 12.8 Å². The van der Waals surface area contributed by atoms with E-state index in [1.54, 1.807) is 12.3 Å². The number of aromatic amines is 1. The van der Waals surface area contributed by atoms with Crippen LogP contribution >= 0.6 is 11.6 Å². The van der Waals surface area contributed by atoms with Crippen molar-refractivity contribution in [2.75, 3.05) is 6.54 Å². The van der Waals surface area contributed by atoms with Crippen molar-refractivity contribution in [2.24, 2.45) is 5.73 Å². The van der Waals surface area contributed by atoms with Gasteiger partial charge in [0.15, 0.2) is 0 Å². The first kappa shape index (κ1) is 13.1. The molecule has 1 rings (SSSR count). The topological polar surface area (TPSA) is 70.9 Å². The summed E-state index contributed by atoms with van der Waals surface area (Å²) < 4.78 is 0. The van der Waals surface area contributed by atoms with Gasteiger partial charge in [0.1, 0.15) is 5.69 Å². The molecule has 0 radical (unpaired) electrons. The minimum Gasteiger partial charge on any atom is -0.356 e. The van der Waals surface area contributed by atoms with Crippen LogP contribution in [0.15, 0.2) is 12.3 Å². The molecule has 0 aliphatic carbocycles. The van der Waals surface area contributed by atoms with Crippen LogP contribution in [0.5, 0.6) is 0 Å². The number of aromatic nitrogens is 1. The first-order chi connectivity index (χ1) is 7.56. The third-order valence-corrected chi connectivity index (χ3v) is 3.23. The van der Waals surface area contributed by atoms with Crippen molar-refractivity contribution in [1.29, 1.82) is 0 Å². The van der Waals surface area contributed by atoms with Gasteiger partial charge < -0.3 is 16.0 Å². The van der Waals surface area contributed by atoms with Crippen molar-refractivity contribution < 1.29 is 4.79 Å². The number of carbonyl (C=O) groups is 1. The lowest BCUT2D eigenvalue weighted by molar-refractivity contribution is 0.0890. The second kappa shape index (κ2) is 5.37. The standard InChI is InChI=1S/C11H18ClN3O/c1-3-11(4-2,7-13)15-10(16)9-5-8(12)6-14-9/h5-6,14H,3-4,7,13H2,1-2H3,(H,15,16). The fraction of sp³-hybridized carbons (Fsp3) is 0.545. The molecule has 0 saturated carbocycles. The third-order valence-electron chi connectivity index (χ3n) is 3.02. The van der Waals surface area contributed by atoms with Gasteiger partial charge in [-0.1, -0.05) is 25.4 Å². The Bertz CT molecular complexity index is 350. The maximum atomic E-state index is 11.9. The van der Waals surface area contributed by atoms with E-state index in [1.807, 2.05) is 13.8 Å². The number of H-pyrrole nitrogens is 1. The van der Waals surface area contributed by atoms with E-state index in [2.05, 4.69) is 10.3 Å². The molecule has 90 valence electrons.